The lowest BCUT2D eigenvalue weighted by molar-refractivity contribution is 0.0963. The van der Waals surface area contributed by atoms with Crippen molar-refractivity contribution in [1.82, 2.24) is 10.3 Å². The second-order valence-electron chi connectivity index (χ2n) is 5.06. The van der Waals surface area contributed by atoms with Crippen LogP contribution < -0.4 is 11.1 Å². The molecule has 100 valence electrons. The summed E-state index contributed by atoms with van der Waals surface area (Å²) >= 11 is 0. The minimum absolute atomic E-state index is 0.252. The van der Waals surface area contributed by atoms with E-state index in [1.165, 1.54) is 5.57 Å². The van der Waals surface area contributed by atoms with Gasteiger partial charge in [0.05, 0.1) is 13.3 Å². The Morgan fingerprint density at radius 2 is 2.44 bits per heavy atom. The lowest BCUT2D eigenvalue weighted by Crippen LogP contribution is -2.40. The average molecular weight is 249 g/mol. The van der Waals surface area contributed by atoms with Gasteiger partial charge in [0.15, 0.2) is 0 Å². The van der Waals surface area contributed by atoms with Crippen LogP contribution in [-0.4, -0.2) is 24.3 Å². The number of ether oxygens (including phenoxy) is 1. The summed E-state index contributed by atoms with van der Waals surface area (Å²) in [6.07, 6.45) is 5.13. The van der Waals surface area contributed by atoms with Gasteiger partial charge in [-0.15, -0.1) is 0 Å². The Kier molecular flexibility index (Phi) is 4.99. The highest BCUT2D eigenvalue weighted by Crippen LogP contribution is 2.25. The van der Waals surface area contributed by atoms with E-state index in [0.29, 0.717) is 19.3 Å². The summed E-state index contributed by atoms with van der Waals surface area (Å²) in [6, 6.07) is 4.24. The van der Waals surface area contributed by atoms with Gasteiger partial charge in [-0.25, -0.2) is 0 Å². The van der Waals surface area contributed by atoms with E-state index in [1.807, 2.05) is 18.3 Å². The number of aromatic nitrogens is 1. The predicted octanol–water partition coefficient (Wildman–Crippen LogP) is 1.76. The van der Waals surface area contributed by atoms with Crippen molar-refractivity contribution in [2.24, 2.45) is 11.7 Å². The molecule has 2 unspecified atom stereocenters. The number of nitrogens with one attached hydrogen (secondary N) is 2. The molecule has 0 bridgehead atoms. The van der Waals surface area contributed by atoms with Crippen molar-refractivity contribution in [3.05, 3.63) is 36.2 Å². The van der Waals surface area contributed by atoms with Crippen LogP contribution in [0, 0.1) is 5.92 Å². The van der Waals surface area contributed by atoms with E-state index >= 15 is 0 Å². The summed E-state index contributed by atoms with van der Waals surface area (Å²) in [5.74, 6) is 0.546. The number of rotatable bonds is 6. The van der Waals surface area contributed by atoms with Crippen molar-refractivity contribution in [3.63, 3.8) is 0 Å². The second-order valence-corrected chi connectivity index (χ2v) is 5.06. The molecule has 0 aromatic carbocycles. The van der Waals surface area contributed by atoms with Crippen LogP contribution in [0.25, 0.3) is 0 Å². The van der Waals surface area contributed by atoms with E-state index in [2.05, 4.69) is 16.9 Å². The van der Waals surface area contributed by atoms with Crippen LogP contribution in [0.1, 0.15) is 25.0 Å². The van der Waals surface area contributed by atoms with Gasteiger partial charge in [-0.05, 0) is 37.3 Å². The number of hydrogen-bond donors (Lipinski definition) is 3. The maximum atomic E-state index is 6.11. The fraction of sp³-hybridized carbons (Fsp3) is 0.571. The zero-order valence-electron chi connectivity index (χ0n) is 10.8. The van der Waals surface area contributed by atoms with Crippen molar-refractivity contribution in [2.75, 3.05) is 13.3 Å². The second kappa shape index (κ2) is 6.73. The summed E-state index contributed by atoms with van der Waals surface area (Å²) in [6.45, 7) is 6.13. The highest BCUT2D eigenvalue weighted by Gasteiger charge is 2.22. The third-order valence-corrected chi connectivity index (χ3v) is 3.53. The van der Waals surface area contributed by atoms with Crippen LogP contribution in [0.3, 0.4) is 0 Å². The van der Waals surface area contributed by atoms with Gasteiger partial charge in [-0.3, -0.25) is 5.32 Å². The van der Waals surface area contributed by atoms with Gasteiger partial charge in [0.2, 0.25) is 0 Å². The highest BCUT2D eigenvalue weighted by atomic mass is 16.5. The summed E-state index contributed by atoms with van der Waals surface area (Å²) in [5.41, 5.74) is 8.51. The van der Waals surface area contributed by atoms with Crippen molar-refractivity contribution in [3.8, 4) is 0 Å². The van der Waals surface area contributed by atoms with E-state index in [9.17, 15) is 0 Å². The average Bonchev–Trinajstić information content (AvgIpc) is 2.84. The molecular weight excluding hydrogens is 226 g/mol. The molecule has 0 saturated heterocycles. The van der Waals surface area contributed by atoms with E-state index < -0.39 is 0 Å². The van der Waals surface area contributed by atoms with E-state index in [1.54, 1.807) is 0 Å². The summed E-state index contributed by atoms with van der Waals surface area (Å²) in [4.78, 5) is 3.11. The van der Waals surface area contributed by atoms with Gasteiger partial charge in [0.25, 0.3) is 0 Å². The predicted molar refractivity (Wildman–Crippen MR) is 72.9 cm³/mol. The Labute approximate surface area is 109 Å². The van der Waals surface area contributed by atoms with Crippen LogP contribution in [0.2, 0.25) is 0 Å². The first-order valence-corrected chi connectivity index (χ1v) is 6.58. The minimum Gasteiger partial charge on any atom is -0.363 e. The van der Waals surface area contributed by atoms with Crippen molar-refractivity contribution >= 4 is 0 Å². The third kappa shape index (κ3) is 3.98. The molecule has 1 saturated carbocycles. The van der Waals surface area contributed by atoms with Gasteiger partial charge >= 0.3 is 0 Å². The van der Waals surface area contributed by atoms with Crippen LogP contribution >= 0.6 is 0 Å². The fourth-order valence-electron chi connectivity index (χ4n) is 2.39. The fourth-order valence-corrected chi connectivity index (χ4v) is 2.39. The Morgan fingerprint density at radius 1 is 1.56 bits per heavy atom. The standard InChI is InChI=1S/C14H23N3O/c1-11-4-5-12(14(15)7-11)8-16-10-18-9-13-3-2-6-17-13/h2-3,6,12,14,16-17H,1,4-5,7-10,15H2. The van der Waals surface area contributed by atoms with E-state index in [0.717, 1.165) is 31.5 Å². The molecule has 1 aromatic rings. The van der Waals surface area contributed by atoms with E-state index in [-0.39, 0.29) is 6.04 Å². The number of H-pyrrole nitrogens is 1. The molecule has 0 spiro atoms. The van der Waals surface area contributed by atoms with E-state index in [4.69, 9.17) is 10.5 Å². The normalized spacial score (nSPS) is 24.4. The van der Waals surface area contributed by atoms with Crippen LogP contribution in [-0.2, 0) is 11.3 Å². The first kappa shape index (κ1) is 13.3. The molecule has 1 aromatic heterocycles. The molecule has 2 atom stereocenters. The highest BCUT2D eigenvalue weighted by molar-refractivity contribution is 5.03. The maximum absolute atomic E-state index is 6.11. The zero-order chi connectivity index (χ0) is 12.8. The van der Waals surface area contributed by atoms with Crippen molar-refractivity contribution in [1.29, 1.82) is 0 Å². The molecule has 1 fully saturated rings. The largest absolute Gasteiger partial charge is 0.363 e. The molecule has 0 radical (unpaired) electrons. The first-order chi connectivity index (χ1) is 8.75. The van der Waals surface area contributed by atoms with Gasteiger partial charge < -0.3 is 15.5 Å². The molecule has 4 heteroatoms. The van der Waals surface area contributed by atoms with Crippen LogP contribution in [0.15, 0.2) is 30.5 Å². The molecule has 4 N–H and O–H groups in total. The Hall–Kier alpha value is -1.10. The molecule has 18 heavy (non-hydrogen) atoms. The van der Waals surface area contributed by atoms with Crippen molar-refractivity contribution in [2.45, 2.75) is 31.9 Å². The Balaban J connectivity index is 1.56. The van der Waals surface area contributed by atoms with Gasteiger partial charge in [-0.2, -0.15) is 0 Å². The maximum Gasteiger partial charge on any atom is 0.0970 e. The van der Waals surface area contributed by atoms with Crippen molar-refractivity contribution < 1.29 is 4.74 Å². The monoisotopic (exact) mass is 249 g/mol. The molecular formula is C14H23N3O. The first-order valence-electron chi connectivity index (χ1n) is 6.58. The van der Waals surface area contributed by atoms with Crippen LogP contribution in [0.4, 0.5) is 0 Å². The number of nitrogens with two attached hydrogens (primary N) is 1. The van der Waals surface area contributed by atoms with Gasteiger partial charge in [-0.1, -0.05) is 12.2 Å². The van der Waals surface area contributed by atoms with Gasteiger partial charge in [0, 0.05) is 24.5 Å². The minimum atomic E-state index is 0.252. The number of hydrogen-bond acceptors (Lipinski definition) is 3. The molecule has 1 heterocycles. The molecule has 2 rings (SSSR count). The molecule has 1 aliphatic carbocycles. The topological polar surface area (TPSA) is 63.1 Å². The molecule has 0 aliphatic heterocycles. The third-order valence-electron chi connectivity index (χ3n) is 3.53. The van der Waals surface area contributed by atoms with Crippen LogP contribution in [0.5, 0.6) is 0 Å². The lowest BCUT2D eigenvalue weighted by Gasteiger charge is -2.30. The molecule has 1 aliphatic rings. The Morgan fingerprint density at radius 3 is 3.17 bits per heavy atom. The SMILES string of the molecule is C=C1CCC(CNCOCc2ccc[nH]2)C(N)C1. The summed E-state index contributed by atoms with van der Waals surface area (Å²) in [7, 11) is 0. The summed E-state index contributed by atoms with van der Waals surface area (Å²) in [5, 5.41) is 3.32. The Bertz CT molecular complexity index is 361. The smallest absolute Gasteiger partial charge is 0.0970 e. The quantitative estimate of drug-likeness (QED) is 0.409. The zero-order valence-corrected chi connectivity index (χ0v) is 10.8. The molecule has 0 amide bonds. The lowest BCUT2D eigenvalue weighted by atomic mass is 9.83. The number of aromatic amines is 1. The molecule has 4 nitrogen and oxygen atoms in total. The van der Waals surface area contributed by atoms with Gasteiger partial charge in [0.1, 0.15) is 0 Å². The summed E-state index contributed by atoms with van der Waals surface area (Å²) < 4.78 is 5.52.